The van der Waals surface area contributed by atoms with Crippen LogP contribution in [0.15, 0.2) is 0 Å². The highest BCUT2D eigenvalue weighted by Gasteiger charge is 2.15. The van der Waals surface area contributed by atoms with Gasteiger partial charge in [0.1, 0.15) is 5.25 Å². The molecule has 10 heavy (non-hydrogen) atoms. The maximum atomic E-state index is 10.9. The van der Waals surface area contributed by atoms with E-state index >= 15 is 0 Å². The molecule has 3 heteroatoms. The summed E-state index contributed by atoms with van der Waals surface area (Å²) in [6, 6.07) is 0. The van der Waals surface area contributed by atoms with Crippen LogP contribution in [0.5, 0.6) is 0 Å². The molecule has 60 valence electrons. The second-order valence-electron chi connectivity index (χ2n) is 1.88. The van der Waals surface area contributed by atoms with Crippen LogP contribution in [-0.4, -0.2) is 24.1 Å². The zero-order valence-electron chi connectivity index (χ0n) is 6.72. The molecule has 0 fully saturated rings. The lowest BCUT2D eigenvalue weighted by atomic mass is 10.3. The molecule has 0 radical (unpaired) electrons. The first-order chi connectivity index (χ1) is 4.76. The van der Waals surface area contributed by atoms with Gasteiger partial charge < -0.3 is 4.74 Å². The number of hydrogen-bond acceptors (Lipinski definition) is 3. The minimum atomic E-state index is -0.102. The average molecular weight is 162 g/mol. The van der Waals surface area contributed by atoms with Crippen LogP contribution < -0.4 is 0 Å². The van der Waals surface area contributed by atoms with Gasteiger partial charge in [-0.3, -0.25) is 4.79 Å². The minimum absolute atomic E-state index is 0.0370. The van der Waals surface area contributed by atoms with E-state index in [-0.39, 0.29) is 11.2 Å². The quantitative estimate of drug-likeness (QED) is 0.588. The topological polar surface area (TPSA) is 26.3 Å². The molecule has 0 heterocycles. The number of esters is 1. The van der Waals surface area contributed by atoms with Gasteiger partial charge in [0, 0.05) is 0 Å². The van der Waals surface area contributed by atoms with E-state index in [0.717, 1.165) is 12.2 Å². The van der Waals surface area contributed by atoms with Gasteiger partial charge in [0.2, 0.25) is 0 Å². The molecule has 0 saturated carbocycles. The van der Waals surface area contributed by atoms with Gasteiger partial charge in [-0.1, -0.05) is 13.8 Å². The predicted molar refractivity (Wildman–Crippen MR) is 44.2 cm³/mol. The Kier molecular flexibility index (Phi) is 5.49. The molecular weight excluding hydrogens is 148 g/mol. The van der Waals surface area contributed by atoms with Gasteiger partial charge in [0.15, 0.2) is 0 Å². The first-order valence-corrected chi connectivity index (χ1v) is 4.50. The SMILES string of the molecule is CCSC(CC)C(=O)OC. The van der Waals surface area contributed by atoms with Crippen LogP contribution in [-0.2, 0) is 9.53 Å². The predicted octanol–water partition coefficient (Wildman–Crippen LogP) is 1.69. The van der Waals surface area contributed by atoms with E-state index in [1.807, 2.05) is 13.8 Å². The van der Waals surface area contributed by atoms with Crippen LogP contribution >= 0.6 is 11.8 Å². The summed E-state index contributed by atoms with van der Waals surface area (Å²) in [5.41, 5.74) is 0. The second-order valence-corrected chi connectivity index (χ2v) is 3.36. The maximum Gasteiger partial charge on any atom is 0.318 e. The summed E-state index contributed by atoms with van der Waals surface area (Å²) in [7, 11) is 1.43. The molecule has 0 aromatic heterocycles. The highest BCUT2D eigenvalue weighted by molar-refractivity contribution is 8.00. The number of rotatable bonds is 4. The Bertz CT molecular complexity index is 104. The largest absolute Gasteiger partial charge is 0.468 e. The van der Waals surface area contributed by atoms with E-state index in [1.165, 1.54) is 7.11 Å². The zero-order valence-corrected chi connectivity index (χ0v) is 7.53. The first kappa shape index (κ1) is 9.82. The summed E-state index contributed by atoms with van der Waals surface area (Å²) < 4.78 is 4.60. The summed E-state index contributed by atoms with van der Waals surface area (Å²) in [6.45, 7) is 4.03. The molecule has 1 unspecified atom stereocenters. The molecule has 0 N–H and O–H groups in total. The van der Waals surface area contributed by atoms with Crippen LogP contribution in [0.3, 0.4) is 0 Å². The number of ether oxygens (including phenoxy) is 1. The third-order valence-electron chi connectivity index (χ3n) is 1.20. The van der Waals surface area contributed by atoms with Crippen molar-refractivity contribution in [2.45, 2.75) is 25.5 Å². The van der Waals surface area contributed by atoms with Crippen molar-refractivity contribution in [2.75, 3.05) is 12.9 Å². The van der Waals surface area contributed by atoms with Gasteiger partial charge in [-0.15, -0.1) is 11.8 Å². The van der Waals surface area contributed by atoms with Crippen molar-refractivity contribution in [3.63, 3.8) is 0 Å². The first-order valence-electron chi connectivity index (χ1n) is 3.45. The Morgan fingerprint density at radius 2 is 2.20 bits per heavy atom. The normalized spacial score (nSPS) is 12.7. The van der Waals surface area contributed by atoms with E-state index < -0.39 is 0 Å². The number of carbonyl (C=O) groups excluding carboxylic acids is 1. The van der Waals surface area contributed by atoms with E-state index in [2.05, 4.69) is 4.74 Å². The van der Waals surface area contributed by atoms with Crippen LogP contribution in [0.1, 0.15) is 20.3 Å². The highest BCUT2D eigenvalue weighted by Crippen LogP contribution is 2.14. The molecule has 0 aromatic rings. The Balaban J connectivity index is 3.68. The lowest BCUT2D eigenvalue weighted by Gasteiger charge is -2.09. The van der Waals surface area contributed by atoms with Crippen molar-refractivity contribution in [3.8, 4) is 0 Å². The summed E-state index contributed by atoms with van der Waals surface area (Å²) in [4.78, 5) is 10.9. The number of methoxy groups -OCH3 is 1. The van der Waals surface area contributed by atoms with E-state index in [4.69, 9.17) is 0 Å². The highest BCUT2D eigenvalue weighted by atomic mass is 32.2. The van der Waals surface area contributed by atoms with Crippen molar-refractivity contribution in [2.24, 2.45) is 0 Å². The Labute approximate surface area is 66.3 Å². The van der Waals surface area contributed by atoms with Gasteiger partial charge >= 0.3 is 5.97 Å². The summed E-state index contributed by atoms with van der Waals surface area (Å²) >= 11 is 1.63. The molecule has 0 amide bonds. The van der Waals surface area contributed by atoms with E-state index in [1.54, 1.807) is 11.8 Å². The van der Waals surface area contributed by atoms with Crippen molar-refractivity contribution >= 4 is 17.7 Å². The molecule has 0 saturated heterocycles. The summed E-state index contributed by atoms with van der Waals surface area (Å²) in [5, 5.41) is 0.0370. The Morgan fingerprint density at radius 1 is 1.60 bits per heavy atom. The molecular formula is C7H14O2S. The lowest BCUT2D eigenvalue weighted by Crippen LogP contribution is -2.17. The van der Waals surface area contributed by atoms with Crippen molar-refractivity contribution in [1.29, 1.82) is 0 Å². The number of hydrogen-bond donors (Lipinski definition) is 0. The monoisotopic (exact) mass is 162 g/mol. The third kappa shape index (κ3) is 3.11. The van der Waals surface area contributed by atoms with Crippen molar-refractivity contribution in [1.82, 2.24) is 0 Å². The van der Waals surface area contributed by atoms with Crippen LogP contribution in [0.2, 0.25) is 0 Å². The fourth-order valence-electron chi connectivity index (χ4n) is 0.685. The third-order valence-corrected chi connectivity index (χ3v) is 2.46. The van der Waals surface area contributed by atoms with Crippen LogP contribution in [0, 0.1) is 0 Å². The Morgan fingerprint density at radius 3 is 2.50 bits per heavy atom. The number of thioether (sulfide) groups is 1. The molecule has 0 bridgehead atoms. The molecule has 1 atom stereocenters. The van der Waals surface area contributed by atoms with Crippen molar-refractivity contribution in [3.05, 3.63) is 0 Å². The zero-order chi connectivity index (χ0) is 7.98. The average Bonchev–Trinajstić information content (AvgIpc) is 1.99. The number of carbonyl (C=O) groups is 1. The minimum Gasteiger partial charge on any atom is -0.468 e. The summed E-state index contributed by atoms with van der Waals surface area (Å²) in [6.07, 6.45) is 0.852. The maximum absolute atomic E-state index is 10.9. The lowest BCUT2D eigenvalue weighted by molar-refractivity contribution is -0.140. The van der Waals surface area contributed by atoms with Gasteiger partial charge in [-0.25, -0.2) is 0 Å². The molecule has 0 aliphatic rings. The van der Waals surface area contributed by atoms with Gasteiger partial charge in [-0.2, -0.15) is 0 Å². The molecule has 2 nitrogen and oxygen atoms in total. The van der Waals surface area contributed by atoms with Crippen LogP contribution in [0.25, 0.3) is 0 Å². The molecule has 0 rings (SSSR count). The smallest absolute Gasteiger partial charge is 0.318 e. The van der Waals surface area contributed by atoms with Crippen LogP contribution in [0.4, 0.5) is 0 Å². The van der Waals surface area contributed by atoms with Gasteiger partial charge in [-0.05, 0) is 12.2 Å². The Hall–Kier alpha value is -0.180. The van der Waals surface area contributed by atoms with E-state index in [0.29, 0.717) is 0 Å². The molecule has 0 aromatic carbocycles. The molecule has 0 spiro atoms. The molecule has 0 aliphatic heterocycles. The fraction of sp³-hybridized carbons (Fsp3) is 0.857. The van der Waals surface area contributed by atoms with E-state index in [9.17, 15) is 4.79 Å². The fourth-order valence-corrected chi connectivity index (χ4v) is 1.56. The van der Waals surface area contributed by atoms with Gasteiger partial charge in [0.25, 0.3) is 0 Å². The van der Waals surface area contributed by atoms with Gasteiger partial charge in [0.05, 0.1) is 7.11 Å². The van der Waals surface area contributed by atoms with Crippen molar-refractivity contribution < 1.29 is 9.53 Å². The summed E-state index contributed by atoms with van der Waals surface area (Å²) in [5.74, 6) is 0.863. The second kappa shape index (κ2) is 5.59. The molecule has 0 aliphatic carbocycles. The standard InChI is InChI=1S/C7H14O2S/c1-4-6(10-5-2)7(8)9-3/h6H,4-5H2,1-3H3.